The zero-order valence-electron chi connectivity index (χ0n) is 15.6. The molecule has 0 radical (unpaired) electrons. The van der Waals surface area contributed by atoms with Gasteiger partial charge in [-0.25, -0.2) is 0 Å². The lowest BCUT2D eigenvalue weighted by Crippen LogP contribution is -2.74. The summed E-state index contributed by atoms with van der Waals surface area (Å²) in [5, 5.41) is 17.2. The summed E-state index contributed by atoms with van der Waals surface area (Å²) in [5.41, 5.74) is -4.71. The van der Waals surface area contributed by atoms with Gasteiger partial charge in [-0.05, 0) is 12.1 Å². The molecule has 0 unspecified atom stereocenters. The van der Waals surface area contributed by atoms with Crippen molar-refractivity contribution in [1.82, 2.24) is 0 Å². The Hall–Kier alpha value is -2.99. The first kappa shape index (κ1) is 30.0. The quantitative estimate of drug-likeness (QED) is 0.350. The first-order valence-electron chi connectivity index (χ1n) is 7.90. The maximum absolute atomic E-state index is 14.1. The fourth-order valence-corrected chi connectivity index (χ4v) is 2.27. The third kappa shape index (κ3) is 3.79. The highest BCUT2D eigenvalue weighted by Gasteiger charge is 2.95. The normalized spacial score (nSPS) is 14.9. The Labute approximate surface area is 181 Å². The molecule has 0 N–H and O–H groups in total. The first-order valence-corrected chi connectivity index (χ1v) is 7.90. The van der Waals surface area contributed by atoms with E-state index in [1.165, 1.54) is 0 Å². The molecule has 0 amide bonds. The van der Waals surface area contributed by atoms with E-state index in [0.717, 1.165) is 12.1 Å². The van der Waals surface area contributed by atoms with Gasteiger partial charge in [-0.15, -0.1) is 0 Å². The van der Waals surface area contributed by atoms with Gasteiger partial charge in [-0.1, -0.05) is 6.07 Å². The Morgan fingerprint density at radius 2 is 0.800 bits per heavy atom. The van der Waals surface area contributed by atoms with E-state index in [2.05, 4.69) is 0 Å². The summed E-state index contributed by atoms with van der Waals surface area (Å²) in [5.74, 6) is -57.4. The van der Waals surface area contributed by atoms with Gasteiger partial charge in [0.15, 0.2) is 0 Å². The van der Waals surface area contributed by atoms with E-state index in [1.54, 1.807) is 0 Å². The van der Waals surface area contributed by atoms with Gasteiger partial charge >= 0.3 is 47.6 Å². The molecule has 35 heavy (non-hydrogen) atoms. The fraction of sp³-hybridized carbons (Fsp3) is 0.500. The smallest absolute Gasteiger partial charge is 0.194 e. The minimum atomic E-state index is -8.72. The molecule has 0 spiro atoms. The minimum Gasteiger partial charge on any atom is -0.194 e. The zero-order valence-corrected chi connectivity index (χ0v) is 15.6. The maximum Gasteiger partial charge on any atom is 0.460 e. The molecular formula is C16H3F17N2. The van der Waals surface area contributed by atoms with E-state index in [9.17, 15) is 74.6 Å². The molecule has 2 nitrogen and oxygen atoms in total. The van der Waals surface area contributed by atoms with Crippen molar-refractivity contribution in [2.75, 3.05) is 0 Å². The second-order valence-corrected chi connectivity index (χ2v) is 6.50. The Kier molecular flexibility index (Phi) is 6.88. The largest absolute Gasteiger partial charge is 0.460 e. The average molecular weight is 546 g/mol. The molecule has 0 atom stereocenters. The van der Waals surface area contributed by atoms with Crippen LogP contribution in [-0.4, -0.2) is 41.7 Å². The highest BCUT2D eigenvalue weighted by molar-refractivity contribution is 5.48. The number of benzene rings is 1. The Balaban J connectivity index is 3.79. The molecule has 0 saturated heterocycles. The van der Waals surface area contributed by atoms with E-state index in [0.29, 0.717) is 0 Å². The predicted octanol–water partition coefficient (Wildman–Crippen LogP) is 6.90. The van der Waals surface area contributed by atoms with Crippen molar-refractivity contribution in [2.45, 2.75) is 47.6 Å². The molecule has 0 saturated carbocycles. The van der Waals surface area contributed by atoms with Crippen LogP contribution in [0, 0.1) is 22.7 Å². The third-order valence-electron chi connectivity index (χ3n) is 4.35. The van der Waals surface area contributed by atoms with E-state index in [1.807, 2.05) is 0 Å². The number of alkyl halides is 17. The van der Waals surface area contributed by atoms with Crippen molar-refractivity contribution in [1.29, 1.82) is 10.5 Å². The topological polar surface area (TPSA) is 47.6 Å². The van der Waals surface area contributed by atoms with Gasteiger partial charge in [-0.2, -0.15) is 85.2 Å². The van der Waals surface area contributed by atoms with Gasteiger partial charge in [0.05, 0.1) is 11.1 Å². The van der Waals surface area contributed by atoms with Gasteiger partial charge in [0, 0.05) is 5.56 Å². The lowest BCUT2D eigenvalue weighted by molar-refractivity contribution is -0.462. The minimum absolute atomic E-state index is 0.0702. The predicted molar refractivity (Wildman–Crippen MR) is 75.5 cm³/mol. The van der Waals surface area contributed by atoms with E-state index >= 15 is 0 Å². The second kappa shape index (κ2) is 8.02. The summed E-state index contributed by atoms with van der Waals surface area (Å²) in [6.45, 7) is 0. The highest BCUT2D eigenvalue weighted by atomic mass is 19.4. The Bertz CT molecular complexity index is 1060. The Morgan fingerprint density at radius 1 is 0.457 bits per heavy atom. The molecule has 1 aromatic rings. The van der Waals surface area contributed by atoms with Crippen LogP contribution in [0.3, 0.4) is 0 Å². The van der Waals surface area contributed by atoms with Crippen LogP contribution in [0.5, 0.6) is 0 Å². The molecule has 0 aliphatic heterocycles. The Morgan fingerprint density at radius 3 is 1.14 bits per heavy atom. The molecule has 19 heteroatoms. The average Bonchev–Trinajstić information content (AvgIpc) is 2.71. The van der Waals surface area contributed by atoms with Crippen LogP contribution in [0.2, 0.25) is 0 Å². The third-order valence-corrected chi connectivity index (χ3v) is 4.35. The van der Waals surface area contributed by atoms with Crippen LogP contribution < -0.4 is 0 Å². The first-order chi connectivity index (χ1) is 15.2. The summed E-state index contributed by atoms with van der Waals surface area (Å²) in [6, 6.07) is 1.24. The number of rotatable bonds is 7. The van der Waals surface area contributed by atoms with Crippen molar-refractivity contribution < 1.29 is 74.6 Å². The maximum atomic E-state index is 14.1. The van der Waals surface area contributed by atoms with Gasteiger partial charge in [0.1, 0.15) is 12.1 Å². The molecular weight excluding hydrogens is 543 g/mol. The van der Waals surface area contributed by atoms with Crippen molar-refractivity contribution in [2.24, 2.45) is 0 Å². The summed E-state index contributed by atoms with van der Waals surface area (Å²) in [7, 11) is 0. The molecule has 0 bridgehead atoms. The molecule has 0 aliphatic rings. The summed E-state index contributed by atoms with van der Waals surface area (Å²) < 4.78 is 225. The van der Waals surface area contributed by atoms with Gasteiger partial charge in [0.2, 0.25) is 0 Å². The van der Waals surface area contributed by atoms with Crippen molar-refractivity contribution in [3.8, 4) is 12.1 Å². The SMILES string of the molecule is N#Cc1ccc(C(F)(F)C(F)(F)C(F)(F)C(F)(F)C(F)(F)C(F)(F)C(F)(F)C(F)(F)F)cc1C#N. The van der Waals surface area contributed by atoms with Gasteiger partial charge < -0.3 is 0 Å². The van der Waals surface area contributed by atoms with Crippen LogP contribution in [-0.2, 0) is 5.92 Å². The molecule has 1 rings (SSSR count). The molecule has 196 valence electrons. The van der Waals surface area contributed by atoms with Crippen LogP contribution >= 0.6 is 0 Å². The lowest BCUT2D eigenvalue weighted by Gasteiger charge is -2.42. The van der Waals surface area contributed by atoms with Crippen LogP contribution in [0.25, 0.3) is 0 Å². The number of nitrogens with zero attached hydrogens (tertiary/aromatic N) is 2. The molecule has 0 aliphatic carbocycles. The summed E-state index contributed by atoms with van der Waals surface area (Å²) in [4.78, 5) is 0. The second-order valence-electron chi connectivity index (χ2n) is 6.50. The van der Waals surface area contributed by atoms with E-state index < -0.39 is 70.4 Å². The number of hydrogen-bond acceptors (Lipinski definition) is 2. The van der Waals surface area contributed by atoms with Crippen molar-refractivity contribution >= 4 is 0 Å². The van der Waals surface area contributed by atoms with E-state index in [4.69, 9.17) is 10.5 Å². The zero-order chi connectivity index (χ0) is 28.3. The van der Waals surface area contributed by atoms with Gasteiger partial charge in [0.25, 0.3) is 0 Å². The van der Waals surface area contributed by atoms with Crippen LogP contribution in [0.15, 0.2) is 18.2 Å². The monoisotopic (exact) mass is 546 g/mol. The van der Waals surface area contributed by atoms with E-state index in [-0.39, 0.29) is 12.1 Å². The summed E-state index contributed by atoms with van der Waals surface area (Å²) in [6.07, 6.45) is -7.83. The van der Waals surface area contributed by atoms with Crippen LogP contribution in [0.4, 0.5) is 74.6 Å². The summed E-state index contributed by atoms with van der Waals surface area (Å²) >= 11 is 0. The molecule has 0 fully saturated rings. The highest BCUT2D eigenvalue weighted by Crippen LogP contribution is 2.65. The van der Waals surface area contributed by atoms with Crippen LogP contribution in [0.1, 0.15) is 16.7 Å². The molecule has 0 aromatic heterocycles. The molecule has 1 aromatic carbocycles. The number of nitriles is 2. The van der Waals surface area contributed by atoms with Crippen molar-refractivity contribution in [3.05, 3.63) is 34.9 Å². The fourth-order valence-electron chi connectivity index (χ4n) is 2.27. The van der Waals surface area contributed by atoms with Gasteiger partial charge in [-0.3, -0.25) is 0 Å². The van der Waals surface area contributed by atoms with Crippen molar-refractivity contribution in [3.63, 3.8) is 0 Å². The number of halogens is 17. The lowest BCUT2D eigenvalue weighted by atomic mass is 9.86. The standard InChI is InChI=1S/C16H3F17N2/c17-9(18,8-2-1-6(4-34)7(3-8)5-35)10(19,20)11(21,22)12(23,24)13(25,26)14(27,28)15(29,30)16(31,32)33/h1-3H. The number of hydrogen-bond donors (Lipinski definition) is 0. The molecule has 0 heterocycles.